The normalized spacial score (nSPS) is 15.2. The minimum atomic E-state index is -0.0706. The number of benzene rings is 1. The molecule has 2 rings (SSSR count). The zero-order chi connectivity index (χ0) is 19.5. The number of likely N-dealkylation sites (tertiary alicyclic amines) is 1. The van der Waals surface area contributed by atoms with Crippen LogP contribution in [0.3, 0.4) is 0 Å². The maximum Gasteiger partial charge on any atom is 0.244 e. The number of ether oxygens (including phenoxy) is 2. The van der Waals surface area contributed by atoms with Crippen molar-refractivity contribution in [3.05, 3.63) is 24.3 Å². The van der Waals surface area contributed by atoms with Crippen molar-refractivity contribution in [2.75, 3.05) is 39.8 Å². The summed E-state index contributed by atoms with van der Waals surface area (Å²) < 4.78 is 11.1. The molecule has 1 fully saturated rings. The quantitative estimate of drug-likeness (QED) is 0.324. The van der Waals surface area contributed by atoms with Crippen molar-refractivity contribution in [2.45, 2.75) is 39.2 Å². The molecule has 158 valence electrons. The molecule has 2 N–H and O–H groups in total. The number of nitrogens with zero attached hydrogens (tertiary/aromatic N) is 2. The summed E-state index contributed by atoms with van der Waals surface area (Å²) >= 11 is 0. The van der Waals surface area contributed by atoms with Crippen LogP contribution in [0.4, 0.5) is 0 Å². The second kappa shape index (κ2) is 13.5. The topological polar surface area (TPSA) is 75.2 Å². The molecule has 1 aromatic carbocycles. The highest BCUT2D eigenvalue weighted by Gasteiger charge is 2.16. The van der Waals surface area contributed by atoms with Crippen molar-refractivity contribution in [2.24, 2.45) is 4.99 Å². The molecule has 1 amide bonds. The van der Waals surface area contributed by atoms with Gasteiger partial charge in [-0.1, -0.05) is 6.07 Å². The average molecular weight is 504 g/mol. The standard InChI is InChI=1S/C20H32N4O3.HI/c1-4-21-20(23-15-19(25)24-11-6-5-7-12-24)22-14-16(2)27-18-10-8-9-17(13-18)26-3;/h8-10,13,16H,4-7,11-12,14-15H2,1-3H3,(H2,21,22,23);1H. The first-order valence-corrected chi connectivity index (χ1v) is 9.73. The first-order valence-electron chi connectivity index (χ1n) is 9.73. The molecule has 1 aromatic rings. The third kappa shape index (κ3) is 8.53. The highest BCUT2D eigenvalue weighted by atomic mass is 127. The van der Waals surface area contributed by atoms with Crippen molar-refractivity contribution in [1.29, 1.82) is 0 Å². The largest absolute Gasteiger partial charge is 0.497 e. The van der Waals surface area contributed by atoms with Gasteiger partial charge < -0.3 is 25.0 Å². The van der Waals surface area contributed by atoms with E-state index < -0.39 is 0 Å². The van der Waals surface area contributed by atoms with Gasteiger partial charge in [-0.25, -0.2) is 4.99 Å². The van der Waals surface area contributed by atoms with Crippen LogP contribution in [0.25, 0.3) is 0 Å². The second-order valence-corrected chi connectivity index (χ2v) is 6.62. The van der Waals surface area contributed by atoms with E-state index in [4.69, 9.17) is 9.47 Å². The Bertz CT molecular complexity index is 621. The number of carbonyl (C=O) groups excluding carboxylic acids is 1. The van der Waals surface area contributed by atoms with Gasteiger partial charge in [-0.15, -0.1) is 24.0 Å². The molecule has 1 unspecified atom stereocenters. The molecular formula is C20H33IN4O3. The van der Waals surface area contributed by atoms with E-state index in [0.29, 0.717) is 12.5 Å². The lowest BCUT2D eigenvalue weighted by atomic mass is 10.1. The number of rotatable bonds is 8. The first kappa shape index (κ1) is 24.3. The molecule has 1 heterocycles. The number of guanidine groups is 1. The van der Waals surface area contributed by atoms with Gasteiger partial charge in [-0.05, 0) is 45.2 Å². The summed E-state index contributed by atoms with van der Waals surface area (Å²) in [4.78, 5) is 18.6. The maximum atomic E-state index is 12.3. The summed E-state index contributed by atoms with van der Waals surface area (Å²) in [6.45, 7) is 7.15. The second-order valence-electron chi connectivity index (χ2n) is 6.62. The number of methoxy groups -OCH3 is 1. The van der Waals surface area contributed by atoms with E-state index in [0.717, 1.165) is 44.0 Å². The lowest BCUT2D eigenvalue weighted by Gasteiger charge is -2.26. The van der Waals surface area contributed by atoms with E-state index in [2.05, 4.69) is 15.6 Å². The minimum absolute atomic E-state index is 0. The zero-order valence-electron chi connectivity index (χ0n) is 17.1. The Balaban J connectivity index is 0.00000392. The summed E-state index contributed by atoms with van der Waals surface area (Å²) in [6, 6.07) is 7.53. The average Bonchev–Trinajstić information content (AvgIpc) is 2.70. The van der Waals surface area contributed by atoms with Crippen molar-refractivity contribution in [1.82, 2.24) is 15.5 Å². The molecule has 0 bridgehead atoms. The summed E-state index contributed by atoms with van der Waals surface area (Å²) in [5.74, 6) is 2.24. The number of amides is 1. The van der Waals surface area contributed by atoms with Crippen LogP contribution in [-0.2, 0) is 4.79 Å². The van der Waals surface area contributed by atoms with Crippen LogP contribution in [-0.4, -0.2) is 62.7 Å². The van der Waals surface area contributed by atoms with Gasteiger partial charge in [0.1, 0.15) is 24.1 Å². The van der Waals surface area contributed by atoms with Crippen LogP contribution in [0.5, 0.6) is 11.5 Å². The number of hydrogen-bond acceptors (Lipinski definition) is 4. The number of aliphatic imine (C=N–C) groups is 1. The van der Waals surface area contributed by atoms with Gasteiger partial charge in [0.25, 0.3) is 0 Å². The van der Waals surface area contributed by atoms with Gasteiger partial charge in [-0.3, -0.25) is 4.79 Å². The molecule has 1 saturated heterocycles. The summed E-state index contributed by atoms with van der Waals surface area (Å²) in [5.41, 5.74) is 0. The van der Waals surface area contributed by atoms with Gasteiger partial charge in [-0.2, -0.15) is 0 Å². The van der Waals surface area contributed by atoms with Crippen LogP contribution in [0.15, 0.2) is 29.3 Å². The highest BCUT2D eigenvalue weighted by molar-refractivity contribution is 14.0. The van der Waals surface area contributed by atoms with Crippen molar-refractivity contribution in [3.8, 4) is 11.5 Å². The lowest BCUT2D eigenvalue weighted by Crippen LogP contribution is -2.43. The predicted octanol–water partition coefficient (Wildman–Crippen LogP) is 2.65. The van der Waals surface area contributed by atoms with E-state index in [1.807, 2.05) is 43.0 Å². The summed E-state index contributed by atoms with van der Waals surface area (Å²) in [7, 11) is 1.63. The monoisotopic (exact) mass is 504 g/mol. The Hall–Kier alpha value is -1.71. The zero-order valence-corrected chi connectivity index (χ0v) is 19.4. The van der Waals surface area contributed by atoms with E-state index in [1.165, 1.54) is 6.42 Å². The third-order valence-electron chi connectivity index (χ3n) is 4.36. The number of nitrogens with one attached hydrogen (secondary N) is 2. The Morgan fingerprint density at radius 1 is 1.21 bits per heavy atom. The fourth-order valence-corrected chi connectivity index (χ4v) is 2.92. The van der Waals surface area contributed by atoms with Crippen molar-refractivity contribution < 1.29 is 14.3 Å². The van der Waals surface area contributed by atoms with E-state index in [1.54, 1.807) is 7.11 Å². The lowest BCUT2D eigenvalue weighted by molar-refractivity contribution is -0.130. The van der Waals surface area contributed by atoms with Crippen LogP contribution in [0, 0.1) is 0 Å². The fraction of sp³-hybridized carbons (Fsp3) is 0.600. The molecule has 8 heteroatoms. The van der Waals surface area contributed by atoms with Crippen molar-refractivity contribution in [3.63, 3.8) is 0 Å². The Labute approximate surface area is 185 Å². The molecule has 0 aromatic heterocycles. The molecule has 1 aliphatic rings. The molecule has 0 aliphatic carbocycles. The minimum Gasteiger partial charge on any atom is -0.497 e. The first-order chi connectivity index (χ1) is 13.1. The summed E-state index contributed by atoms with van der Waals surface area (Å²) in [6.07, 6.45) is 3.32. The van der Waals surface area contributed by atoms with Gasteiger partial charge in [0.05, 0.1) is 13.7 Å². The number of halogens is 1. The number of carbonyl (C=O) groups is 1. The molecule has 7 nitrogen and oxygen atoms in total. The van der Waals surface area contributed by atoms with Crippen LogP contribution in [0.1, 0.15) is 33.1 Å². The van der Waals surface area contributed by atoms with Gasteiger partial charge in [0.15, 0.2) is 5.96 Å². The van der Waals surface area contributed by atoms with E-state index in [9.17, 15) is 4.79 Å². The highest BCUT2D eigenvalue weighted by Crippen LogP contribution is 2.19. The van der Waals surface area contributed by atoms with Crippen LogP contribution in [0.2, 0.25) is 0 Å². The van der Waals surface area contributed by atoms with Crippen LogP contribution >= 0.6 is 24.0 Å². The molecule has 0 radical (unpaired) electrons. The third-order valence-corrected chi connectivity index (χ3v) is 4.36. The Kier molecular flexibility index (Phi) is 11.7. The number of piperidine rings is 1. The molecule has 1 aliphatic heterocycles. The molecule has 28 heavy (non-hydrogen) atoms. The maximum absolute atomic E-state index is 12.3. The van der Waals surface area contributed by atoms with Crippen molar-refractivity contribution >= 4 is 35.8 Å². The van der Waals surface area contributed by atoms with E-state index in [-0.39, 0.29) is 42.5 Å². The Morgan fingerprint density at radius 3 is 2.61 bits per heavy atom. The Morgan fingerprint density at radius 2 is 1.93 bits per heavy atom. The SMILES string of the molecule is CCNC(=NCC(=O)N1CCCCC1)NCC(C)Oc1cccc(OC)c1.I. The molecule has 1 atom stereocenters. The molecular weight excluding hydrogens is 471 g/mol. The molecule has 0 saturated carbocycles. The van der Waals surface area contributed by atoms with Gasteiger partial charge in [0.2, 0.25) is 5.91 Å². The summed E-state index contributed by atoms with van der Waals surface area (Å²) in [5, 5.41) is 6.41. The van der Waals surface area contributed by atoms with Gasteiger partial charge >= 0.3 is 0 Å². The molecule has 0 spiro atoms. The van der Waals surface area contributed by atoms with Gasteiger partial charge in [0, 0.05) is 25.7 Å². The number of hydrogen-bond donors (Lipinski definition) is 2. The van der Waals surface area contributed by atoms with Crippen LogP contribution < -0.4 is 20.1 Å². The smallest absolute Gasteiger partial charge is 0.244 e. The predicted molar refractivity (Wildman–Crippen MR) is 123 cm³/mol. The van der Waals surface area contributed by atoms with E-state index >= 15 is 0 Å². The fourth-order valence-electron chi connectivity index (χ4n) is 2.92.